The fraction of sp³-hybridized carbons (Fsp3) is 0.571. The van der Waals surface area contributed by atoms with E-state index in [1.165, 1.54) is 5.56 Å². The van der Waals surface area contributed by atoms with Crippen LogP contribution in [-0.4, -0.2) is 32.1 Å². The summed E-state index contributed by atoms with van der Waals surface area (Å²) in [6, 6.07) is 2.02. The van der Waals surface area contributed by atoms with Crippen LogP contribution in [0.15, 0.2) is 6.07 Å². The van der Waals surface area contributed by atoms with Crippen molar-refractivity contribution < 1.29 is 4.74 Å². The molecule has 2 nitrogen and oxygen atoms in total. The van der Waals surface area contributed by atoms with E-state index >= 15 is 0 Å². The largest absolute Gasteiger partial charge is 0.496 e. The van der Waals surface area contributed by atoms with E-state index in [-0.39, 0.29) is 0 Å². The molecule has 0 fully saturated rings. The second kappa shape index (κ2) is 6.27. The van der Waals surface area contributed by atoms with E-state index < -0.39 is 0 Å². The van der Waals surface area contributed by atoms with E-state index in [1.807, 2.05) is 13.0 Å². The van der Waals surface area contributed by atoms with Gasteiger partial charge in [-0.1, -0.05) is 18.5 Å². The van der Waals surface area contributed by atoms with Crippen LogP contribution in [0.4, 0.5) is 0 Å². The summed E-state index contributed by atoms with van der Waals surface area (Å²) < 4.78 is 5.45. The van der Waals surface area contributed by atoms with Crippen molar-refractivity contribution in [1.82, 2.24) is 4.90 Å². The van der Waals surface area contributed by atoms with Crippen molar-refractivity contribution in [3.8, 4) is 5.75 Å². The maximum absolute atomic E-state index is 6.29. The predicted octanol–water partition coefficient (Wildman–Crippen LogP) is 3.46. The molecule has 0 unspecified atom stereocenters. The number of methoxy groups -OCH3 is 1. The molecular formula is C14H22ClNO. The van der Waals surface area contributed by atoms with Gasteiger partial charge in [-0.15, -0.1) is 0 Å². The Bertz CT molecular complexity index is 390. The van der Waals surface area contributed by atoms with Crippen molar-refractivity contribution in [3.63, 3.8) is 0 Å². The van der Waals surface area contributed by atoms with Gasteiger partial charge >= 0.3 is 0 Å². The zero-order chi connectivity index (χ0) is 13.0. The highest BCUT2D eigenvalue weighted by molar-refractivity contribution is 6.32. The predicted molar refractivity (Wildman–Crippen MR) is 74.4 cm³/mol. The molecule has 0 aliphatic rings. The van der Waals surface area contributed by atoms with Gasteiger partial charge in [-0.05, 0) is 56.6 Å². The number of likely N-dealkylation sites (N-methyl/N-ethyl adjacent to an activating group) is 1. The summed E-state index contributed by atoms with van der Waals surface area (Å²) in [5.74, 6) is 0.953. The first-order chi connectivity index (χ1) is 8.01. The van der Waals surface area contributed by atoms with E-state index in [1.54, 1.807) is 7.11 Å². The number of rotatable bonds is 5. The lowest BCUT2D eigenvalue weighted by Gasteiger charge is -2.18. The molecular weight excluding hydrogens is 234 g/mol. The Balaban J connectivity index is 3.00. The third kappa shape index (κ3) is 3.36. The summed E-state index contributed by atoms with van der Waals surface area (Å²) in [7, 11) is 3.84. The summed E-state index contributed by atoms with van der Waals surface area (Å²) in [5.41, 5.74) is 3.45. The molecule has 17 heavy (non-hydrogen) atoms. The fourth-order valence-electron chi connectivity index (χ4n) is 1.91. The quantitative estimate of drug-likeness (QED) is 0.799. The third-order valence-corrected chi connectivity index (χ3v) is 3.86. The summed E-state index contributed by atoms with van der Waals surface area (Å²) in [5, 5.41) is 0.861. The standard InChI is InChI=1S/C14H22ClNO/c1-6-16(4)8-7-12-11(3)14(15)10(2)9-13(12)17-5/h9H,6-8H2,1-5H3. The highest BCUT2D eigenvalue weighted by atomic mass is 35.5. The monoisotopic (exact) mass is 255 g/mol. The maximum Gasteiger partial charge on any atom is 0.122 e. The van der Waals surface area contributed by atoms with Crippen molar-refractivity contribution >= 4 is 11.6 Å². The van der Waals surface area contributed by atoms with E-state index in [4.69, 9.17) is 16.3 Å². The van der Waals surface area contributed by atoms with E-state index in [0.29, 0.717) is 0 Å². The summed E-state index contributed by atoms with van der Waals surface area (Å²) in [6.45, 7) is 8.32. The lowest BCUT2D eigenvalue weighted by Crippen LogP contribution is -2.21. The van der Waals surface area contributed by atoms with Gasteiger partial charge in [0.2, 0.25) is 0 Å². The number of ether oxygens (including phenoxy) is 1. The molecule has 96 valence electrons. The van der Waals surface area contributed by atoms with Crippen LogP contribution in [-0.2, 0) is 6.42 Å². The first-order valence-corrected chi connectivity index (χ1v) is 6.40. The van der Waals surface area contributed by atoms with Gasteiger partial charge in [0.05, 0.1) is 7.11 Å². The molecule has 0 aliphatic heterocycles. The van der Waals surface area contributed by atoms with Gasteiger partial charge < -0.3 is 9.64 Å². The molecule has 0 aromatic heterocycles. The van der Waals surface area contributed by atoms with Gasteiger partial charge in [-0.3, -0.25) is 0 Å². The van der Waals surface area contributed by atoms with Gasteiger partial charge in [0.25, 0.3) is 0 Å². The molecule has 0 atom stereocenters. The minimum absolute atomic E-state index is 0.861. The van der Waals surface area contributed by atoms with Gasteiger partial charge in [0.15, 0.2) is 0 Å². The maximum atomic E-state index is 6.29. The molecule has 3 heteroatoms. The molecule has 1 rings (SSSR count). The number of aryl methyl sites for hydroxylation is 1. The molecule has 0 heterocycles. The minimum atomic E-state index is 0.861. The van der Waals surface area contributed by atoms with Gasteiger partial charge in [0.1, 0.15) is 5.75 Å². The van der Waals surface area contributed by atoms with Crippen molar-refractivity contribution in [3.05, 3.63) is 27.8 Å². The van der Waals surface area contributed by atoms with Crippen molar-refractivity contribution in [2.75, 3.05) is 27.2 Å². The SMILES string of the molecule is CCN(C)CCc1c(OC)cc(C)c(Cl)c1C. The molecule has 0 saturated heterocycles. The Kier molecular flexibility index (Phi) is 5.29. The summed E-state index contributed by atoms with van der Waals surface area (Å²) in [4.78, 5) is 2.28. The minimum Gasteiger partial charge on any atom is -0.496 e. The van der Waals surface area contributed by atoms with Crippen LogP contribution in [0, 0.1) is 13.8 Å². The molecule has 1 aromatic carbocycles. The van der Waals surface area contributed by atoms with Crippen LogP contribution in [0.1, 0.15) is 23.6 Å². The number of nitrogens with zero attached hydrogens (tertiary/aromatic N) is 1. The first kappa shape index (κ1) is 14.3. The molecule has 0 N–H and O–H groups in total. The molecule has 0 amide bonds. The normalized spacial score (nSPS) is 11.0. The Labute approximate surface area is 110 Å². The van der Waals surface area contributed by atoms with Crippen LogP contribution in [0.2, 0.25) is 5.02 Å². The smallest absolute Gasteiger partial charge is 0.122 e. The van der Waals surface area contributed by atoms with Crippen LogP contribution < -0.4 is 4.74 Å². The van der Waals surface area contributed by atoms with E-state index in [2.05, 4.69) is 25.8 Å². The Hall–Kier alpha value is -0.730. The third-order valence-electron chi connectivity index (χ3n) is 3.28. The van der Waals surface area contributed by atoms with Crippen LogP contribution >= 0.6 is 11.6 Å². The lowest BCUT2D eigenvalue weighted by atomic mass is 10.0. The molecule has 0 spiro atoms. The Morgan fingerprint density at radius 3 is 2.53 bits per heavy atom. The summed E-state index contributed by atoms with van der Waals surface area (Å²) in [6.07, 6.45) is 0.972. The second-order valence-electron chi connectivity index (χ2n) is 4.46. The number of benzene rings is 1. The van der Waals surface area contributed by atoms with Crippen molar-refractivity contribution in [2.24, 2.45) is 0 Å². The van der Waals surface area contributed by atoms with Gasteiger partial charge in [0, 0.05) is 11.6 Å². The fourth-order valence-corrected chi connectivity index (χ4v) is 2.08. The topological polar surface area (TPSA) is 12.5 Å². The zero-order valence-corrected chi connectivity index (χ0v) is 12.2. The molecule has 0 radical (unpaired) electrons. The average molecular weight is 256 g/mol. The lowest BCUT2D eigenvalue weighted by molar-refractivity contribution is 0.352. The van der Waals surface area contributed by atoms with E-state index in [9.17, 15) is 0 Å². The zero-order valence-electron chi connectivity index (χ0n) is 11.4. The number of hydrogen-bond acceptors (Lipinski definition) is 2. The number of halogens is 1. The average Bonchev–Trinajstić information content (AvgIpc) is 2.33. The second-order valence-corrected chi connectivity index (χ2v) is 4.84. The van der Waals surface area contributed by atoms with Gasteiger partial charge in [-0.2, -0.15) is 0 Å². The Morgan fingerprint density at radius 1 is 1.35 bits per heavy atom. The molecule has 1 aromatic rings. The van der Waals surface area contributed by atoms with E-state index in [0.717, 1.165) is 41.4 Å². The van der Waals surface area contributed by atoms with Crippen molar-refractivity contribution in [2.45, 2.75) is 27.2 Å². The highest BCUT2D eigenvalue weighted by Gasteiger charge is 2.12. The van der Waals surface area contributed by atoms with Crippen LogP contribution in [0.5, 0.6) is 5.75 Å². The highest BCUT2D eigenvalue weighted by Crippen LogP contribution is 2.31. The van der Waals surface area contributed by atoms with Crippen molar-refractivity contribution in [1.29, 1.82) is 0 Å². The first-order valence-electron chi connectivity index (χ1n) is 6.02. The molecule has 0 bridgehead atoms. The van der Waals surface area contributed by atoms with Crippen LogP contribution in [0.25, 0.3) is 0 Å². The van der Waals surface area contributed by atoms with Gasteiger partial charge in [-0.25, -0.2) is 0 Å². The molecule has 0 saturated carbocycles. The number of hydrogen-bond donors (Lipinski definition) is 0. The molecule has 0 aliphatic carbocycles. The Morgan fingerprint density at radius 2 is 2.00 bits per heavy atom. The van der Waals surface area contributed by atoms with Crippen LogP contribution in [0.3, 0.4) is 0 Å². The summed E-state index contributed by atoms with van der Waals surface area (Å²) >= 11 is 6.29.